The molecular weight excluding hydrogens is 192 g/mol. The standard InChI is InChI=1S/C16H32/c1-4-7-9-10-11-12-13-15-16(6-3)14-8-5-2/h15H,4-14H2,1-3H3. The van der Waals surface area contributed by atoms with Crippen LogP contribution >= 0.6 is 0 Å². The maximum Gasteiger partial charge on any atom is -0.0321 e. The van der Waals surface area contributed by atoms with E-state index in [1.165, 1.54) is 70.6 Å². The molecule has 0 radical (unpaired) electrons. The van der Waals surface area contributed by atoms with E-state index >= 15 is 0 Å². The van der Waals surface area contributed by atoms with Crippen molar-refractivity contribution in [2.75, 3.05) is 0 Å². The van der Waals surface area contributed by atoms with Gasteiger partial charge in [-0.2, -0.15) is 0 Å². The van der Waals surface area contributed by atoms with Crippen LogP contribution in [0, 0.1) is 0 Å². The van der Waals surface area contributed by atoms with Gasteiger partial charge in [-0.3, -0.25) is 0 Å². The monoisotopic (exact) mass is 224 g/mol. The Morgan fingerprint density at radius 3 is 2.00 bits per heavy atom. The minimum Gasteiger partial charge on any atom is -0.0853 e. The second kappa shape index (κ2) is 12.8. The molecule has 0 unspecified atom stereocenters. The van der Waals surface area contributed by atoms with E-state index in [4.69, 9.17) is 0 Å². The molecule has 0 fully saturated rings. The van der Waals surface area contributed by atoms with E-state index in [2.05, 4.69) is 26.8 Å². The summed E-state index contributed by atoms with van der Waals surface area (Å²) in [6.07, 6.45) is 17.6. The van der Waals surface area contributed by atoms with Crippen LogP contribution in [0.2, 0.25) is 0 Å². The number of allylic oxidation sites excluding steroid dienone is 2. The van der Waals surface area contributed by atoms with Crippen LogP contribution in [0.5, 0.6) is 0 Å². The number of hydrogen-bond acceptors (Lipinski definition) is 0. The van der Waals surface area contributed by atoms with Crippen LogP contribution in [-0.2, 0) is 0 Å². The summed E-state index contributed by atoms with van der Waals surface area (Å²) in [4.78, 5) is 0. The number of rotatable bonds is 11. The first-order chi connectivity index (χ1) is 7.85. The molecule has 0 aromatic heterocycles. The van der Waals surface area contributed by atoms with Crippen molar-refractivity contribution in [3.05, 3.63) is 11.6 Å². The highest BCUT2D eigenvalue weighted by atomic mass is 14.0. The maximum absolute atomic E-state index is 2.51. The van der Waals surface area contributed by atoms with E-state index in [0.29, 0.717) is 0 Å². The fraction of sp³-hybridized carbons (Fsp3) is 0.875. The maximum atomic E-state index is 2.51. The Labute approximate surface area is 104 Å². The zero-order valence-corrected chi connectivity index (χ0v) is 11.9. The van der Waals surface area contributed by atoms with Crippen LogP contribution in [-0.4, -0.2) is 0 Å². The Morgan fingerprint density at radius 1 is 0.750 bits per heavy atom. The van der Waals surface area contributed by atoms with Gasteiger partial charge in [0.25, 0.3) is 0 Å². The van der Waals surface area contributed by atoms with Crippen molar-refractivity contribution in [2.45, 2.75) is 91.4 Å². The lowest BCUT2D eigenvalue weighted by Crippen LogP contribution is -1.83. The lowest BCUT2D eigenvalue weighted by molar-refractivity contribution is 0.609. The van der Waals surface area contributed by atoms with E-state index in [1.807, 2.05) is 0 Å². The average Bonchev–Trinajstić information content (AvgIpc) is 2.32. The Balaban J connectivity index is 3.40. The second-order valence-corrected chi connectivity index (χ2v) is 4.88. The summed E-state index contributed by atoms with van der Waals surface area (Å²) < 4.78 is 0. The van der Waals surface area contributed by atoms with Crippen LogP contribution in [0.3, 0.4) is 0 Å². The molecule has 0 heteroatoms. The zero-order valence-electron chi connectivity index (χ0n) is 11.9. The summed E-state index contributed by atoms with van der Waals surface area (Å²) in [7, 11) is 0. The summed E-state index contributed by atoms with van der Waals surface area (Å²) in [6, 6.07) is 0. The van der Waals surface area contributed by atoms with Crippen LogP contribution in [0.25, 0.3) is 0 Å². The van der Waals surface area contributed by atoms with Crippen LogP contribution in [0.1, 0.15) is 91.4 Å². The van der Waals surface area contributed by atoms with Crippen molar-refractivity contribution in [1.82, 2.24) is 0 Å². The first-order valence-electron chi connectivity index (χ1n) is 7.53. The van der Waals surface area contributed by atoms with Crippen molar-refractivity contribution in [2.24, 2.45) is 0 Å². The molecule has 0 aliphatic rings. The zero-order chi connectivity index (χ0) is 12.1. The van der Waals surface area contributed by atoms with Crippen LogP contribution in [0.15, 0.2) is 11.6 Å². The van der Waals surface area contributed by atoms with Crippen LogP contribution < -0.4 is 0 Å². The highest BCUT2D eigenvalue weighted by Gasteiger charge is 1.94. The van der Waals surface area contributed by atoms with E-state index in [-0.39, 0.29) is 0 Å². The second-order valence-electron chi connectivity index (χ2n) is 4.88. The molecule has 16 heavy (non-hydrogen) atoms. The summed E-state index contributed by atoms with van der Waals surface area (Å²) in [5.41, 5.74) is 1.69. The van der Waals surface area contributed by atoms with Gasteiger partial charge in [-0.05, 0) is 32.1 Å². The largest absolute Gasteiger partial charge is 0.0853 e. The molecule has 0 bridgehead atoms. The van der Waals surface area contributed by atoms with Crippen LogP contribution in [0.4, 0.5) is 0 Å². The normalized spacial score (nSPS) is 12.1. The molecule has 0 N–H and O–H groups in total. The summed E-state index contributed by atoms with van der Waals surface area (Å²) in [5, 5.41) is 0. The molecule has 0 spiro atoms. The van der Waals surface area contributed by atoms with Gasteiger partial charge in [-0.25, -0.2) is 0 Å². The molecule has 0 heterocycles. The summed E-state index contributed by atoms with van der Waals surface area (Å²) >= 11 is 0. The van der Waals surface area contributed by atoms with E-state index in [9.17, 15) is 0 Å². The summed E-state index contributed by atoms with van der Waals surface area (Å²) in [6.45, 7) is 6.85. The Morgan fingerprint density at radius 2 is 1.38 bits per heavy atom. The van der Waals surface area contributed by atoms with Gasteiger partial charge in [-0.1, -0.05) is 70.9 Å². The van der Waals surface area contributed by atoms with Crippen molar-refractivity contribution in [3.8, 4) is 0 Å². The first-order valence-corrected chi connectivity index (χ1v) is 7.53. The fourth-order valence-electron chi connectivity index (χ4n) is 2.06. The Bertz CT molecular complexity index is 155. The van der Waals surface area contributed by atoms with Gasteiger partial charge in [0.1, 0.15) is 0 Å². The van der Waals surface area contributed by atoms with E-state index in [1.54, 1.807) is 5.57 Å². The average molecular weight is 224 g/mol. The highest BCUT2D eigenvalue weighted by Crippen LogP contribution is 2.14. The molecule has 0 saturated heterocycles. The lowest BCUT2D eigenvalue weighted by atomic mass is 10.0. The minimum atomic E-state index is 1.26. The third kappa shape index (κ3) is 10.3. The van der Waals surface area contributed by atoms with Gasteiger partial charge in [0.15, 0.2) is 0 Å². The number of hydrogen-bond donors (Lipinski definition) is 0. The smallest absolute Gasteiger partial charge is 0.0321 e. The van der Waals surface area contributed by atoms with Crippen molar-refractivity contribution in [1.29, 1.82) is 0 Å². The predicted molar refractivity (Wildman–Crippen MR) is 75.9 cm³/mol. The summed E-state index contributed by atoms with van der Waals surface area (Å²) in [5.74, 6) is 0. The molecule has 0 atom stereocenters. The molecule has 0 saturated carbocycles. The van der Waals surface area contributed by atoms with Crippen molar-refractivity contribution < 1.29 is 0 Å². The van der Waals surface area contributed by atoms with E-state index in [0.717, 1.165) is 0 Å². The molecule has 0 aromatic rings. The first kappa shape index (κ1) is 15.7. The molecule has 0 amide bonds. The molecular formula is C16H32. The van der Waals surface area contributed by atoms with Gasteiger partial charge in [0.2, 0.25) is 0 Å². The third-order valence-electron chi connectivity index (χ3n) is 3.30. The quantitative estimate of drug-likeness (QED) is 0.287. The topological polar surface area (TPSA) is 0 Å². The van der Waals surface area contributed by atoms with Gasteiger partial charge < -0.3 is 0 Å². The minimum absolute atomic E-state index is 1.26. The van der Waals surface area contributed by atoms with Crippen molar-refractivity contribution in [3.63, 3.8) is 0 Å². The highest BCUT2D eigenvalue weighted by molar-refractivity contribution is 5.00. The molecule has 96 valence electrons. The van der Waals surface area contributed by atoms with Gasteiger partial charge in [-0.15, -0.1) is 0 Å². The molecule has 0 aliphatic heterocycles. The fourth-order valence-corrected chi connectivity index (χ4v) is 2.06. The molecule has 0 aromatic carbocycles. The number of unbranched alkanes of at least 4 members (excludes halogenated alkanes) is 7. The molecule has 0 aliphatic carbocycles. The van der Waals surface area contributed by atoms with Gasteiger partial charge in [0, 0.05) is 0 Å². The molecule has 0 nitrogen and oxygen atoms in total. The SMILES string of the molecule is CCCCCCCCC=C(CC)CCCC. The van der Waals surface area contributed by atoms with Crippen molar-refractivity contribution >= 4 is 0 Å². The van der Waals surface area contributed by atoms with Gasteiger partial charge >= 0.3 is 0 Å². The third-order valence-corrected chi connectivity index (χ3v) is 3.30. The molecule has 0 rings (SSSR count). The Hall–Kier alpha value is -0.260. The van der Waals surface area contributed by atoms with E-state index < -0.39 is 0 Å². The predicted octanol–water partition coefficient (Wildman–Crippen LogP) is 6.26. The Kier molecular flexibility index (Phi) is 12.6. The lowest BCUT2D eigenvalue weighted by Gasteiger charge is -2.03. The van der Waals surface area contributed by atoms with Gasteiger partial charge in [0.05, 0.1) is 0 Å².